The molecule has 22 heavy (non-hydrogen) atoms. The van der Waals surface area contributed by atoms with Crippen LogP contribution in [0.2, 0.25) is 0 Å². The molecule has 3 rings (SSSR count). The van der Waals surface area contributed by atoms with Crippen LogP contribution in [0.1, 0.15) is 5.56 Å². The molecule has 0 fully saturated rings. The summed E-state index contributed by atoms with van der Waals surface area (Å²) in [6.07, 6.45) is 14.3. The summed E-state index contributed by atoms with van der Waals surface area (Å²) in [5.41, 5.74) is 10.7. The largest absolute Gasteiger partial charge is 0.321 e. The van der Waals surface area contributed by atoms with Gasteiger partial charge in [-0.1, -0.05) is 97.1 Å². The van der Waals surface area contributed by atoms with Gasteiger partial charge in [-0.2, -0.15) is 0 Å². The van der Waals surface area contributed by atoms with Gasteiger partial charge in [0.25, 0.3) is 0 Å². The van der Waals surface area contributed by atoms with Gasteiger partial charge in [-0.25, -0.2) is 0 Å². The van der Waals surface area contributed by atoms with Crippen LogP contribution in [0.4, 0.5) is 0 Å². The van der Waals surface area contributed by atoms with Crippen LogP contribution >= 0.6 is 0 Å². The van der Waals surface area contributed by atoms with E-state index >= 15 is 0 Å². The summed E-state index contributed by atoms with van der Waals surface area (Å²) in [4.78, 5) is 0. The monoisotopic (exact) mass is 285 g/mol. The highest BCUT2D eigenvalue weighted by atomic mass is 14.6. The van der Waals surface area contributed by atoms with Gasteiger partial charge in [-0.3, -0.25) is 0 Å². The molecule has 2 aromatic carbocycles. The number of benzene rings is 2. The van der Waals surface area contributed by atoms with Crippen LogP contribution in [0.25, 0.3) is 17.2 Å². The summed E-state index contributed by atoms with van der Waals surface area (Å²) in [5.74, 6) is 0. The second-order valence-corrected chi connectivity index (χ2v) is 5.31. The van der Waals surface area contributed by atoms with E-state index in [9.17, 15) is 0 Å². The number of hydrogen-bond acceptors (Lipinski definition) is 1. The van der Waals surface area contributed by atoms with Crippen molar-refractivity contribution in [1.82, 2.24) is 0 Å². The standard InChI is InChI=1S/C21H19N/c22-21-8-4-5-17(13-16-21)9-10-18-11-14-20(15-12-18)19-6-2-1-3-7-19/h1-16,21H,22H2/b10-9+. The maximum absolute atomic E-state index is 5.85. The van der Waals surface area contributed by atoms with Crippen molar-refractivity contribution in [2.75, 3.05) is 0 Å². The lowest BCUT2D eigenvalue weighted by molar-refractivity contribution is 1.03. The van der Waals surface area contributed by atoms with Gasteiger partial charge < -0.3 is 5.73 Å². The SMILES string of the molecule is NC1C=CC=C(/C=C/c2ccc(-c3ccccc3)cc2)C=C1. The van der Waals surface area contributed by atoms with Gasteiger partial charge in [0, 0.05) is 6.04 Å². The van der Waals surface area contributed by atoms with Crippen molar-refractivity contribution < 1.29 is 0 Å². The zero-order chi connectivity index (χ0) is 15.2. The molecule has 1 atom stereocenters. The number of allylic oxidation sites excluding steroid dienone is 5. The molecule has 0 saturated carbocycles. The highest BCUT2D eigenvalue weighted by Crippen LogP contribution is 2.20. The van der Waals surface area contributed by atoms with E-state index in [4.69, 9.17) is 5.73 Å². The molecule has 0 heterocycles. The zero-order valence-corrected chi connectivity index (χ0v) is 12.4. The lowest BCUT2D eigenvalue weighted by atomic mass is 10.0. The molecule has 1 heteroatoms. The summed E-state index contributed by atoms with van der Waals surface area (Å²) < 4.78 is 0. The van der Waals surface area contributed by atoms with E-state index < -0.39 is 0 Å². The summed E-state index contributed by atoms with van der Waals surface area (Å²) in [7, 11) is 0. The molecule has 1 aliphatic carbocycles. The Hall–Kier alpha value is -2.64. The van der Waals surface area contributed by atoms with Crippen molar-refractivity contribution in [3.63, 3.8) is 0 Å². The first-order valence-corrected chi connectivity index (χ1v) is 7.47. The van der Waals surface area contributed by atoms with Crippen LogP contribution in [0.5, 0.6) is 0 Å². The Morgan fingerprint density at radius 1 is 0.773 bits per heavy atom. The summed E-state index contributed by atoms with van der Waals surface area (Å²) in [6, 6.07) is 19.0. The van der Waals surface area contributed by atoms with E-state index in [1.165, 1.54) is 16.7 Å². The van der Waals surface area contributed by atoms with Crippen molar-refractivity contribution in [2.24, 2.45) is 5.73 Å². The van der Waals surface area contributed by atoms with Gasteiger partial charge in [0.15, 0.2) is 0 Å². The topological polar surface area (TPSA) is 26.0 Å². The van der Waals surface area contributed by atoms with Crippen LogP contribution in [0, 0.1) is 0 Å². The maximum atomic E-state index is 5.85. The van der Waals surface area contributed by atoms with Crippen molar-refractivity contribution in [1.29, 1.82) is 0 Å². The fraction of sp³-hybridized carbons (Fsp3) is 0.0476. The van der Waals surface area contributed by atoms with Gasteiger partial charge in [0.1, 0.15) is 0 Å². The molecule has 0 amide bonds. The molecule has 1 aliphatic rings. The Labute approximate surface area is 131 Å². The molecule has 0 spiro atoms. The van der Waals surface area contributed by atoms with Crippen LogP contribution in [0.3, 0.4) is 0 Å². The van der Waals surface area contributed by atoms with E-state index in [-0.39, 0.29) is 6.04 Å². The van der Waals surface area contributed by atoms with Crippen LogP contribution in [-0.4, -0.2) is 6.04 Å². The quantitative estimate of drug-likeness (QED) is 0.865. The highest BCUT2D eigenvalue weighted by molar-refractivity contribution is 5.66. The molecule has 0 bridgehead atoms. The normalized spacial score (nSPS) is 17.5. The smallest absolute Gasteiger partial charge is 0.0416 e. The van der Waals surface area contributed by atoms with Crippen LogP contribution in [-0.2, 0) is 0 Å². The van der Waals surface area contributed by atoms with E-state index in [1.54, 1.807) is 0 Å². The van der Waals surface area contributed by atoms with Gasteiger partial charge in [0.05, 0.1) is 0 Å². The zero-order valence-electron chi connectivity index (χ0n) is 12.4. The third-order valence-corrected chi connectivity index (χ3v) is 3.62. The average Bonchev–Trinajstić information content (AvgIpc) is 2.79. The number of rotatable bonds is 3. The highest BCUT2D eigenvalue weighted by Gasteiger charge is 1.97. The fourth-order valence-corrected chi connectivity index (χ4v) is 2.36. The minimum Gasteiger partial charge on any atom is -0.321 e. The minimum absolute atomic E-state index is 0.00676. The number of hydrogen-bond donors (Lipinski definition) is 1. The second-order valence-electron chi connectivity index (χ2n) is 5.31. The summed E-state index contributed by atoms with van der Waals surface area (Å²) in [6.45, 7) is 0. The average molecular weight is 285 g/mol. The molecular formula is C21H19N. The maximum Gasteiger partial charge on any atom is 0.0416 e. The molecule has 0 aliphatic heterocycles. The predicted octanol–water partition coefficient (Wildman–Crippen LogP) is 4.75. The first kappa shape index (κ1) is 14.3. The first-order chi connectivity index (χ1) is 10.8. The fourth-order valence-electron chi connectivity index (χ4n) is 2.36. The van der Waals surface area contributed by atoms with Crippen LogP contribution in [0.15, 0.2) is 96.6 Å². The lowest BCUT2D eigenvalue weighted by Gasteiger charge is -2.02. The Morgan fingerprint density at radius 2 is 1.50 bits per heavy atom. The number of nitrogens with two attached hydrogens (primary N) is 1. The Bertz CT molecular complexity index is 731. The van der Waals surface area contributed by atoms with Gasteiger partial charge in [0.2, 0.25) is 0 Å². The van der Waals surface area contributed by atoms with Gasteiger partial charge in [-0.05, 0) is 22.3 Å². The Balaban J connectivity index is 1.74. The van der Waals surface area contributed by atoms with Crippen molar-refractivity contribution in [3.8, 4) is 11.1 Å². The molecule has 1 unspecified atom stereocenters. The molecular weight excluding hydrogens is 266 g/mol. The predicted molar refractivity (Wildman–Crippen MR) is 95.3 cm³/mol. The van der Waals surface area contributed by atoms with Crippen molar-refractivity contribution in [3.05, 3.63) is 102 Å². The molecule has 1 nitrogen and oxygen atoms in total. The van der Waals surface area contributed by atoms with Crippen LogP contribution < -0.4 is 5.73 Å². The van der Waals surface area contributed by atoms with E-state index in [0.29, 0.717) is 0 Å². The minimum atomic E-state index is 0.00676. The Morgan fingerprint density at radius 3 is 2.27 bits per heavy atom. The summed E-state index contributed by atoms with van der Waals surface area (Å²) in [5, 5.41) is 0. The Kier molecular flexibility index (Phi) is 4.47. The van der Waals surface area contributed by atoms with E-state index in [0.717, 1.165) is 5.57 Å². The molecule has 108 valence electrons. The second kappa shape index (κ2) is 6.88. The molecule has 2 N–H and O–H groups in total. The molecule has 0 radical (unpaired) electrons. The lowest BCUT2D eigenvalue weighted by Crippen LogP contribution is -2.11. The van der Waals surface area contributed by atoms with Crippen molar-refractivity contribution in [2.45, 2.75) is 6.04 Å². The first-order valence-electron chi connectivity index (χ1n) is 7.47. The van der Waals surface area contributed by atoms with Gasteiger partial charge >= 0.3 is 0 Å². The molecule has 0 saturated heterocycles. The van der Waals surface area contributed by atoms with E-state index in [1.807, 2.05) is 24.3 Å². The third-order valence-electron chi connectivity index (χ3n) is 3.62. The van der Waals surface area contributed by atoms with Gasteiger partial charge in [-0.15, -0.1) is 0 Å². The third kappa shape index (κ3) is 3.72. The van der Waals surface area contributed by atoms with E-state index in [2.05, 4.69) is 72.8 Å². The van der Waals surface area contributed by atoms with Crippen molar-refractivity contribution >= 4 is 6.08 Å². The molecule has 0 aromatic heterocycles. The summed E-state index contributed by atoms with van der Waals surface area (Å²) >= 11 is 0. The molecule has 2 aromatic rings.